The molecule has 1 unspecified atom stereocenters. The van der Waals surface area contributed by atoms with Gasteiger partial charge in [0.15, 0.2) is 0 Å². The number of hydrogen-bond acceptors (Lipinski definition) is 3. The molecular weight excluding hydrogens is 368 g/mol. The number of amides is 2. The first kappa shape index (κ1) is 24.7. The Morgan fingerprint density at radius 1 is 0.793 bits per heavy atom. The Bertz CT molecular complexity index is 604. The van der Waals surface area contributed by atoms with Gasteiger partial charge < -0.3 is 15.7 Å². The molecule has 0 saturated heterocycles. The summed E-state index contributed by atoms with van der Waals surface area (Å²) < 4.78 is 0. The third kappa shape index (κ3) is 11.9. The fourth-order valence-electron chi connectivity index (χ4n) is 3.15. The molecule has 2 amide bonds. The standard InChI is InChI=1S/C23H36N2O4/c1-2-3-4-5-6-7-8-9-10-11-15-18-20(26)24-21(23(28)29)25-22(27)19-16-13-12-14-17-19/h12-14,16-17,21H,2-11,15,18H2,1H3,(H,24,26)(H,25,27)(H,28,29). The lowest BCUT2D eigenvalue weighted by molar-refractivity contribution is -0.142. The summed E-state index contributed by atoms with van der Waals surface area (Å²) in [4.78, 5) is 35.4. The lowest BCUT2D eigenvalue weighted by Crippen LogP contribution is -2.52. The van der Waals surface area contributed by atoms with Gasteiger partial charge in [-0.15, -0.1) is 0 Å². The van der Waals surface area contributed by atoms with Crippen LogP contribution >= 0.6 is 0 Å². The lowest BCUT2D eigenvalue weighted by Gasteiger charge is -2.16. The van der Waals surface area contributed by atoms with Crippen LogP contribution in [-0.2, 0) is 9.59 Å². The van der Waals surface area contributed by atoms with Gasteiger partial charge in [-0.25, -0.2) is 4.79 Å². The summed E-state index contributed by atoms with van der Waals surface area (Å²) in [6, 6.07) is 8.31. The molecule has 0 aliphatic rings. The van der Waals surface area contributed by atoms with Gasteiger partial charge in [0.1, 0.15) is 0 Å². The zero-order chi connectivity index (χ0) is 21.3. The van der Waals surface area contributed by atoms with Crippen LogP contribution in [0.4, 0.5) is 0 Å². The highest BCUT2D eigenvalue weighted by atomic mass is 16.4. The van der Waals surface area contributed by atoms with Gasteiger partial charge in [0.25, 0.3) is 5.91 Å². The van der Waals surface area contributed by atoms with Gasteiger partial charge in [-0.1, -0.05) is 89.3 Å². The molecule has 162 valence electrons. The Hall–Kier alpha value is -2.37. The number of carboxylic acids is 1. The highest BCUT2D eigenvalue weighted by Crippen LogP contribution is 2.12. The van der Waals surface area contributed by atoms with Crippen LogP contribution in [0.1, 0.15) is 94.3 Å². The third-order valence-corrected chi connectivity index (χ3v) is 4.87. The number of carbonyl (C=O) groups excluding carboxylic acids is 2. The van der Waals surface area contributed by atoms with Crippen molar-refractivity contribution in [2.45, 2.75) is 90.1 Å². The zero-order valence-electron chi connectivity index (χ0n) is 17.6. The van der Waals surface area contributed by atoms with Crippen molar-refractivity contribution in [3.63, 3.8) is 0 Å². The van der Waals surface area contributed by atoms with Crippen molar-refractivity contribution in [1.29, 1.82) is 0 Å². The van der Waals surface area contributed by atoms with Crippen LogP contribution in [-0.4, -0.2) is 29.1 Å². The van der Waals surface area contributed by atoms with Gasteiger partial charge in [0, 0.05) is 12.0 Å². The van der Waals surface area contributed by atoms with E-state index in [1.807, 2.05) is 0 Å². The van der Waals surface area contributed by atoms with Gasteiger partial charge in [-0.3, -0.25) is 9.59 Å². The molecule has 1 aromatic carbocycles. The number of hydrogen-bond donors (Lipinski definition) is 3. The van der Waals surface area contributed by atoms with Crippen LogP contribution in [0.3, 0.4) is 0 Å². The Morgan fingerprint density at radius 3 is 1.83 bits per heavy atom. The van der Waals surface area contributed by atoms with Crippen LogP contribution in [0.25, 0.3) is 0 Å². The van der Waals surface area contributed by atoms with Crippen molar-refractivity contribution >= 4 is 17.8 Å². The minimum atomic E-state index is -1.43. The largest absolute Gasteiger partial charge is 0.478 e. The first-order valence-electron chi connectivity index (χ1n) is 10.9. The Balaban J connectivity index is 2.15. The smallest absolute Gasteiger partial charge is 0.347 e. The second kappa shape index (κ2) is 15.5. The van der Waals surface area contributed by atoms with E-state index in [0.717, 1.165) is 19.3 Å². The van der Waals surface area contributed by atoms with Crippen LogP contribution in [0.5, 0.6) is 0 Å². The summed E-state index contributed by atoms with van der Waals surface area (Å²) in [7, 11) is 0. The monoisotopic (exact) mass is 404 g/mol. The maximum Gasteiger partial charge on any atom is 0.347 e. The molecule has 0 aliphatic heterocycles. The average Bonchev–Trinajstić information content (AvgIpc) is 2.72. The van der Waals surface area contributed by atoms with Crippen LogP contribution in [0.15, 0.2) is 30.3 Å². The summed E-state index contributed by atoms with van der Waals surface area (Å²) in [6.07, 6.45) is 11.9. The fraction of sp³-hybridized carbons (Fsp3) is 0.609. The molecule has 0 radical (unpaired) electrons. The Kier molecular flexibility index (Phi) is 13.2. The van der Waals surface area contributed by atoms with Crippen molar-refractivity contribution in [1.82, 2.24) is 10.6 Å². The van der Waals surface area contributed by atoms with Gasteiger partial charge >= 0.3 is 5.97 Å². The van der Waals surface area contributed by atoms with Crippen molar-refractivity contribution in [2.24, 2.45) is 0 Å². The third-order valence-electron chi connectivity index (χ3n) is 4.87. The molecule has 6 heteroatoms. The number of carboxylic acid groups (broad SMARTS) is 1. The van der Waals surface area contributed by atoms with Crippen molar-refractivity contribution < 1.29 is 19.5 Å². The number of carbonyl (C=O) groups is 3. The summed E-state index contributed by atoms with van der Waals surface area (Å²) in [5, 5.41) is 14.0. The molecule has 29 heavy (non-hydrogen) atoms. The molecule has 1 atom stereocenters. The summed E-state index contributed by atoms with van der Waals surface area (Å²) in [6.45, 7) is 2.23. The predicted molar refractivity (Wildman–Crippen MR) is 115 cm³/mol. The normalized spacial score (nSPS) is 11.6. The first-order chi connectivity index (χ1) is 14.0. The minimum absolute atomic E-state index is 0.266. The SMILES string of the molecule is CCCCCCCCCCCCCC(=O)NC(NC(=O)c1ccccc1)C(=O)O. The second-order valence-corrected chi connectivity index (χ2v) is 7.46. The molecule has 0 aliphatic carbocycles. The highest BCUT2D eigenvalue weighted by molar-refractivity contribution is 5.97. The zero-order valence-corrected chi connectivity index (χ0v) is 17.6. The Labute approximate surface area is 174 Å². The number of aliphatic carboxylic acids is 1. The second-order valence-electron chi connectivity index (χ2n) is 7.46. The van der Waals surface area contributed by atoms with Gasteiger partial charge in [0.05, 0.1) is 0 Å². The molecule has 1 rings (SSSR count). The number of nitrogens with one attached hydrogen (secondary N) is 2. The maximum atomic E-state index is 12.1. The van der Waals surface area contributed by atoms with E-state index >= 15 is 0 Å². The molecule has 0 fully saturated rings. The summed E-state index contributed by atoms with van der Waals surface area (Å²) >= 11 is 0. The van der Waals surface area contributed by atoms with E-state index in [-0.39, 0.29) is 12.3 Å². The molecule has 3 N–H and O–H groups in total. The molecule has 0 saturated carbocycles. The highest BCUT2D eigenvalue weighted by Gasteiger charge is 2.22. The van der Waals surface area contributed by atoms with E-state index in [4.69, 9.17) is 0 Å². The van der Waals surface area contributed by atoms with Crippen molar-refractivity contribution in [3.05, 3.63) is 35.9 Å². The number of rotatable bonds is 16. The maximum absolute atomic E-state index is 12.1. The van der Waals surface area contributed by atoms with E-state index in [1.54, 1.807) is 30.3 Å². The van der Waals surface area contributed by atoms with Crippen LogP contribution in [0.2, 0.25) is 0 Å². The summed E-state index contributed by atoms with van der Waals surface area (Å²) in [5.41, 5.74) is 0.346. The van der Waals surface area contributed by atoms with Gasteiger partial charge in [0.2, 0.25) is 12.1 Å². The van der Waals surface area contributed by atoms with Crippen LogP contribution in [0, 0.1) is 0 Å². The number of unbranched alkanes of at least 4 members (excludes halogenated alkanes) is 10. The van der Waals surface area contributed by atoms with E-state index in [9.17, 15) is 19.5 Å². The van der Waals surface area contributed by atoms with E-state index < -0.39 is 18.0 Å². The molecule has 1 aromatic rings. The van der Waals surface area contributed by atoms with Crippen molar-refractivity contribution in [2.75, 3.05) is 0 Å². The van der Waals surface area contributed by atoms with Gasteiger partial charge in [-0.05, 0) is 18.6 Å². The summed E-state index contributed by atoms with van der Waals surface area (Å²) in [5.74, 6) is -2.18. The molecule has 0 heterocycles. The topological polar surface area (TPSA) is 95.5 Å². The van der Waals surface area contributed by atoms with Crippen LogP contribution < -0.4 is 10.6 Å². The minimum Gasteiger partial charge on any atom is -0.478 e. The number of benzene rings is 1. The fourth-order valence-corrected chi connectivity index (χ4v) is 3.15. The van der Waals surface area contributed by atoms with Gasteiger partial charge in [-0.2, -0.15) is 0 Å². The molecule has 0 bridgehead atoms. The lowest BCUT2D eigenvalue weighted by atomic mass is 10.1. The quantitative estimate of drug-likeness (QED) is 0.276. The average molecular weight is 405 g/mol. The van der Waals surface area contributed by atoms with E-state index in [2.05, 4.69) is 17.6 Å². The Morgan fingerprint density at radius 2 is 1.31 bits per heavy atom. The molecule has 0 aromatic heterocycles. The first-order valence-corrected chi connectivity index (χ1v) is 10.9. The van der Waals surface area contributed by atoms with E-state index in [1.165, 1.54) is 51.4 Å². The molecular formula is C23H36N2O4. The predicted octanol–water partition coefficient (Wildman–Crippen LogP) is 4.64. The molecule has 0 spiro atoms. The van der Waals surface area contributed by atoms with Crippen molar-refractivity contribution in [3.8, 4) is 0 Å². The van der Waals surface area contributed by atoms with E-state index in [0.29, 0.717) is 5.56 Å². The molecule has 6 nitrogen and oxygen atoms in total.